The van der Waals surface area contributed by atoms with Crippen molar-refractivity contribution in [3.05, 3.63) is 75.8 Å². The lowest BCUT2D eigenvalue weighted by molar-refractivity contribution is -0.137. The molecule has 2 aromatic rings. The second-order valence-corrected chi connectivity index (χ2v) is 11.2. The maximum Gasteiger partial charge on any atom is 0.304 e. The number of carboxylic acid groups (broad SMARTS) is 1. The highest BCUT2D eigenvalue weighted by molar-refractivity contribution is 5.77. The SMILES string of the molecule is CC1=C(c2ccc(F)c3c2CCC3Oc2ccc3c(c2)OC[C@H]3CC(=O)O)C(C)CC(OCC2CCCO2)=C1. The van der Waals surface area contributed by atoms with Crippen LogP contribution < -0.4 is 9.47 Å². The van der Waals surface area contributed by atoms with Crippen molar-refractivity contribution in [1.82, 2.24) is 0 Å². The maximum absolute atomic E-state index is 15.3. The van der Waals surface area contributed by atoms with Crippen LogP contribution in [0.4, 0.5) is 4.39 Å². The highest BCUT2D eigenvalue weighted by atomic mass is 19.1. The lowest BCUT2D eigenvalue weighted by Crippen LogP contribution is -2.17. The number of carboxylic acids is 1. The molecule has 6 nitrogen and oxygen atoms in total. The maximum atomic E-state index is 15.3. The molecule has 4 aliphatic rings. The van der Waals surface area contributed by atoms with Gasteiger partial charge in [0.15, 0.2) is 0 Å². The van der Waals surface area contributed by atoms with Gasteiger partial charge >= 0.3 is 5.97 Å². The predicted octanol–water partition coefficient (Wildman–Crippen LogP) is 6.74. The molecule has 0 amide bonds. The smallest absolute Gasteiger partial charge is 0.304 e. The molecule has 3 unspecified atom stereocenters. The molecule has 2 heterocycles. The van der Waals surface area contributed by atoms with Crippen LogP contribution in [0.2, 0.25) is 0 Å². The molecule has 39 heavy (non-hydrogen) atoms. The lowest BCUT2D eigenvalue weighted by atomic mass is 9.81. The molecular weight excluding hydrogens is 499 g/mol. The second kappa shape index (κ2) is 10.7. The van der Waals surface area contributed by atoms with E-state index in [0.717, 1.165) is 60.3 Å². The highest BCUT2D eigenvalue weighted by Gasteiger charge is 2.34. The zero-order chi connectivity index (χ0) is 27.1. The molecule has 2 aromatic carbocycles. The van der Waals surface area contributed by atoms with Crippen LogP contribution in [0.3, 0.4) is 0 Å². The predicted molar refractivity (Wildman–Crippen MR) is 144 cm³/mol. The number of rotatable bonds is 8. The Morgan fingerprint density at radius 1 is 1.21 bits per heavy atom. The number of benzene rings is 2. The first-order valence-electron chi connectivity index (χ1n) is 14.0. The van der Waals surface area contributed by atoms with Crippen molar-refractivity contribution in [2.24, 2.45) is 5.92 Å². The molecule has 0 bridgehead atoms. The van der Waals surface area contributed by atoms with Gasteiger partial charge < -0.3 is 24.1 Å². The molecular formula is C32H35FO6. The first-order valence-corrected chi connectivity index (χ1v) is 14.0. The molecule has 1 fully saturated rings. The van der Waals surface area contributed by atoms with Crippen molar-refractivity contribution in [1.29, 1.82) is 0 Å². The molecule has 206 valence electrons. The number of hydrogen-bond donors (Lipinski definition) is 1. The van der Waals surface area contributed by atoms with Crippen molar-refractivity contribution in [3.8, 4) is 11.5 Å². The van der Waals surface area contributed by atoms with Crippen LogP contribution in [0.15, 0.2) is 47.7 Å². The summed E-state index contributed by atoms with van der Waals surface area (Å²) in [6.45, 7) is 6.08. The van der Waals surface area contributed by atoms with E-state index in [2.05, 4.69) is 19.9 Å². The van der Waals surface area contributed by atoms with Crippen LogP contribution in [0.25, 0.3) is 5.57 Å². The van der Waals surface area contributed by atoms with Gasteiger partial charge in [0, 0.05) is 36.1 Å². The van der Waals surface area contributed by atoms with Gasteiger partial charge in [-0.15, -0.1) is 0 Å². The average molecular weight is 535 g/mol. The number of hydrogen-bond acceptors (Lipinski definition) is 5. The Morgan fingerprint density at radius 2 is 2.08 bits per heavy atom. The van der Waals surface area contributed by atoms with E-state index in [1.54, 1.807) is 12.1 Å². The van der Waals surface area contributed by atoms with Crippen LogP contribution in [-0.4, -0.2) is 37.0 Å². The van der Waals surface area contributed by atoms with E-state index in [9.17, 15) is 4.79 Å². The van der Waals surface area contributed by atoms with Crippen molar-refractivity contribution >= 4 is 11.5 Å². The molecule has 2 aliphatic heterocycles. The summed E-state index contributed by atoms with van der Waals surface area (Å²) in [6, 6.07) is 9.00. The van der Waals surface area contributed by atoms with E-state index in [4.69, 9.17) is 24.1 Å². The number of allylic oxidation sites excluding steroid dienone is 4. The fourth-order valence-corrected chi connectivity index (χ4v) is 6.64. The normalized spacial score (nSPS) is 25.7. The summed E-state index contributed by atoms with van der Waals surface area (Å²) in [5.41, 5.74) is 6.04. The number of fused-ring (bicyclic) bond motifs is 2. The van der Waals surface area contributed by atoms with Crippen LogP contribution in [0, 0.1) is 11.7 Å². The van der Waals surface area contributed by atoms with Crippen molar-refractivity contribution in [3.63, 3.8) is 0 Å². The summed E-state index contributed by atoms with van der Waals surface area (Å²) in [4.78, 5) is 11.2. The topological polar surface area (TPSA) is 74.2 Å². The van der Waals surface area contributed by atoms with Crippen LogP contribution in [0.1, 0.15) is 80.2 Å². The summed E-state index contributed by atoms with van der Waals surface area (Å²) < 4.78 is 39.2. The third-order valence-electron chi connectivity index (χ3n) is 8.42. The Labute approximate surface area is 228 Å². The quantitative estimate of drug-likeness (QED) is 0.405. The van der Waals surface area contributed by atoms with Crippen LogP contribution in [-0.2, 0) is 20.7 Å². The van der Waals surface area contributed by atoms with E-state index in [1.807, 2.05) is 18.2 Å². The number of ether oxygens (including phenoxy) is 4. The Balaban J connectivity index is 1.23. The minimum absolute atomic E-state index is 0.0304. The second-order valence-electron chi connectivity index (χ2n) is 11.2. The fourth-order valence-electron chi connectivity index (χ4n) is 6.64. The zero-order valence-corrected chi connectivity index (χ0v) is 22.5. The number of carbonyl (C=O) groups is 1. The Bertz CT molecular complexity index is 1340. The van der Waals surface area contributed by atoms with E-state index >= 15 is 4.39 Å². The molecule has 0 saturated carbocycles. The summed E-state index contributed by atoms with van der Waals surface area (Å²) in [5.74, 6) is 1.23. The van der Waals surface area contributed by atoms with Gasteiger partial charge in [0.05, 0.1) is 24.9 Å². The molecule has 4 atom stereocenters. The summed E-state index contributed by atoms with van der Waals surface area (Å²) in [7, 11) is 0. The summed E-state index contributed by atoms with van der Waals surface area (Å²) >= 11 is 0. The van der Waals surface area contributed by atoms with Crippen LogP contribution >= 0.6 is 0 Å². The van der Waals surface area contributed by atoms with Gasteiger partial charge in [-0.2, -0.15) is 0 Å². The molecule has 2 aliphatic carbocycles. The third-order valence-corrected chi connectivity index (χ3v) is 8.42. The Hall–Kier alpha value is -3.32. The minimum atomic E-state index is -0.846. The van der Waals surface area contributed by atoms with Gasteiger partial charge in [-0.25, -0.2) is 4.39 Å². The molecule has 0 aromatic heterocycles. The molecule has 1 saturated heterocycles. The summed E-state index contributed by atoms with van der Waals surface area (Å²) in [6.07, 6.45) is 6.34. The van der Waals surface area contributed by atoms with Crippen molar-refractivity contribution < 1.29 is 33.2 Å². The largest absolute Gasteiger partial charge is 0.495 e. The number of aliphatic carboxylic acids is 1. The molecule has 1 N–H and O–H groups in total. The first-order chi connectivity index (χ1) is 18.9. The van der Waals surface area contributed by atoms with Gasteiger partial charge in [-0.1, -0.05) is 19.1 Å². The van der Waals surface area contributed by atoms with E-state index in [0.29, 0.717) is 36.7 Å². The standard InChI is InChI=1S/C32H35FO6/c1-18-12-23(37-17-22-4-3-11-36-22)13-19(2)31(18)25-7-9-27(33)32-26(25)8-10-28(32)39-21-5-6-24-20(14-30(34)35)16-38-29(24)15-21/h5-7,9,12,15,19-20,22,28H,3-4,8,10-11,13-14,16-17H2,1-2H3,(H,34,35)/t19?,20-,22?,28?/m1/s1. The van der Waals surface area contributed by atoms with Gasteiger partial charge in [0.2, 0.25) is 0 Å². The minimum Gasteiger partial charge on any atom is -0.495 e. The third kappa shape index (κ3) is 5.17. The summed E-state index contributed by atoms with van der Waals surface area (Å²) in [5, 5.41) is 9.16. The highest BCUT2D eigenvalue weighted by Crippen LogP contribution is 2.46. The van der Waals surface area contributed by atoms with Gasteiger partial charge in [-0.3, -0.25) is 4.79 Å². The van der Waals surface area contributed by atoms with E-state index in [-0.39, 0.29) is 30.2 Å². The average Bonchev–Trinajstić information content (AvgIpc) is 3.65. The Morgan fingerprint density at radius 3 is 2.85 bits per heavy atom. The zero-order valence-electron chi connectivity index (χ0n) is 22.5. The monoisotopic (exact) mass is 534 g/mol. The molecule has 7 heteroatoms. The first kappa shape index (κ1) is 25.9. The molecule has 0 spiro atoms. The molecule has 6 rings (SSSR count). The van der Waals surface area contributed by atoms with Crippen molar-refractivity contribution in [2.75, 3.05) is 19.8 Å². The van der Waals surface area contributed by atoms with Crippen molar-refractivity contribution in [2.45, 2.75) is 70.5 Å². The van der Waals surface area contributed by atoms with Crippen LogP contribution in [0.5, 0.6) is 11.5 Å². The van der Waals surface area contributed by atoms with E-state index < -0.39 is 12.1 Å². The van der Waals surface area contributed by atoms with Gasteiger partial charge in [0.1, 0.15) is 30.0 Å². The number of halogens is 1. The van der Waals surface area contributed by atoms with E-state index in [1.165, 1.54) is 5.57 Å². The lowest BCUT2D eigenvalue weighted by Gasteiger charge is -2.27. The fraction of sp³-hybridized carbons (Fsp3) is 0.469. The molecule has 0 radical (unpaired) electrons. The Kier molecular flexibility index (Phi) is 7.10. The van der Waals surface area contributed by atoms with Gasteiger partial charge in [-0.05, 0) is 79.0 Å². The van der Waals surface area contributed by atoms with Gasteiger partial charge in [0.25, 0.3) is 0 Å².